The van der Waals surface area contributed by atoms with E-state index in [1.165, 1.54) is 6.07 Å². The van der Waals surface area contributed by atoms with Crippen molar-refractivity contribution in [2.45, 2.75) is 25.8 Å². The van der Waals surface area contributed by atoms with Gasteiger partial charge in [0.05, 0.1) is 13.2 Å². The minimum atomic E-state index is -0.329. The van der Waals surface area contributed by atoms with Gasteiger partial charge in [0, 0.05) is 12.5 Å². The van der Waals surface area contributed by atoms with E-state index in [9.17, 15) is 14.3 Å². The topological polar surface area (TPSA) is 40.5 Å². The molecule has 1 heterocycles. The number of hydrogen-bond donors (Lipinski definition) is 1. The first-order valence-electron chi connectivity index (χ1n) is 6.72. The Bertz CT molecular complexity index is 450. The summed E-state index contributed by atoms with van der Waals surface area (Å²) in [6.07, 6.45) is 1.12. The van der Waals surface area contributed by atoms with Crippen molar-refractivity contribution in [2.24, 2.45) is 5.92 Å². The Morgan fingerprint density at radius 2 is 2.21 bits per heavy atom. The van der Waals surface area contributed by atoms with Gasteiger partial charge in [0.2, 0.25) is 0 Å². The normalized spacial score (nSPS) is 23.7. The highest BCUT2D eigenvalue weighted by Crippen LogP contribution is 2.23. The van der Waals surface area contributed by atoms with Gasteiger partial charge in [-0.25, -0.2) is 4.39 Å². The smallest absolute Gasteiger partial charge is 0.151 e. The molecular formula is C15H20FNO2. The van der Waals surface area contributed by atoms with Gasteiger partial charge >= 0.3 is 0 Å². The molecule has 1 fully saturated rings. The molecule has 0 saturated carbocycles. The second-order valence-electron chi connectivity index (χ2n) is 5.29. The van der Waals surface area contributed by atoms with Crippen LogP contribution in [-0.4, -0.2) is 41.5 Å². The zero-order valence-electron chi connectivity index (χ0n) is 11.2. The average molecular weight is 265 g/mol. The summed E-state index contributed by atoms with van der Waals surface area (Å²) in [6, 6.07) is 6.43. The Morgan fingerprint density at radius 3 is 2.89 bits per heavy atom. The highest BCUT2D eigenvalue weighted by atomic mass is 19.1. The van der Waals surface area contributed by atoms with E-state index in [-0.39, 0.29) is 30.7 Å². The van der Waals surface area contributed by atoms with Crippen LogP contribution in [-0.2, 0) is 11.2 Å². The number of Topliss-reactive ketones (excluding diaryl/α,β-unsaturated/α-hetero) is 1. The molecule has 0 spiro atoms. The number of nitrogens with zero attached hydrogens (tertiary/aromatic N) is 1. The molecule has 0 amide bonds. The van der Waals surface area contributed by atoms with E-state index in [1.807, 2.05) is 4.90 Å². The SMILES string of the molecule is CC1CCN(CC(=O)Cc2ccccc2F)C1CO. The number of aliphatic hydroxyl groups is 1. The third-order valence-corrected chi connectivity index (χ3v) is 3.91. The maximum absolute atomic E-state index is 13.5. The molecule has 1 saturated heterocycles. The van der Waals surface area contributed by atoms with E-state index in [0.29, 0.717) is 18.0 Å². The van der Waals surface area contributed by atoms with Crippen molar-refractivity contribution in [1.82, 2.24) is 4.90 Å². The van der Waals surface area contributed by atoms with Crippen LogP contribution in [0.4, 0.5) is 4.39 Å². The number of aliphatic hydroxyl groups excluding tert-OH is 1. The standard InChI is InChI=1S/C15H20FNO2/c1-11-6-7-17(15(11)10-18)9-13(19)8-12-4-2-3-5-14(12)16/h2-5,11,15,18H,6-10H2,1H3. The van der Waals surface area contributed by atoms with Gasteiger partial charge in [0.15, 0.2) is 5.78 Å². The molecule has 0 aliphatic carbocycles. The fourth-order valence-electron chi connectivity index (χ4n) is 2.72. The van der Waals surface area contributed by atoms with Crippen LogP contribution in [0.5, 0.6) is 0 Å². The van der Waals surface area contributed by atoms with Gasteiger partial charge in [-0.1, -0.05) is 25.1 Å². The largest absolute Gasteiger partial charge is 0.395 e. The van der Waals surface area contributed by atoms with Crippen molar-refractivity contribution in [1.29, 1.82) is 0 Å². The maximum Gasteiger partial charge on any atom is 0.151 e. The Hall–Kier alpha value is -1.26. The van der Waals surface area contributed by atoms with Crippen molar-refractivity contribution in [3.8, 4) is 0 Å². The molecule has 104 valence electrons. The molecule has 19 heavy (non-hydrogen) atoms. The first-order chi connectivity index (χ1) is 9.11. The molecule has 2 unspecified atom stereocenters. The van der Waals surface area contributed by atoms with Crippen LogP contribution in [0.15, 0.2) is 24.3 Å². The number of likely N-dealkylation sites (tertiary alicyclic amines) is 1. The maximum atomic E-state index is 13.5. The number of hydrogen-bond acceptors (Lipinski definition) is 3. The van der Waals surface area contributed by atoms with Gasteiger partial charge in [-0.15, -0.1) is 0 Å². The summed E-state index contributed by atoms with van der Waals surface area (Å²) in [7, 11) is 0. The fraction of sp³-hybridized carbons (Fsp3) is 0.533. The summed E-state index contributed by atoms with van der Waals surface area (Å²) in [5.74, 6) is 0.0771. The lowest BCUT2D eigenvalue weighted by Gasteiger charge is -2.24. The molecule has 0 aromatic heterocycles. The van der Waals surface area contributed by atoms with Crippen LogP contribution >= 0.6 is 0 Å². The molecule has 0 bridgehead atoms. The first kappa shape index (κ1) is 14.2. The van der Waals surface area contributed by atoms with E-state index in [0.717, 1.165) is 13.0 Å². The first-order valence-corrected chi connectivity index (χ1v) is 6.72. The van der Waals surface area contributed by atoms with Crippen LogP contribution in [0.1, 0.15) is 18.9 Å². The van der Waals surface area contributed by atoms with E-state index in [4.69, 9.17) is 0 Å². The summed E-state index contributed by atoms with van der Waals surface area (Å²) < 4.78 is 13.5. The van der Waals surface area contributed by atoms with E-state index < -0.39 is 0 Å². The molecule has 4 heteroatoms. The average Bonchev–Trinajstić information content (AvgIpc) is 2.72. The molecule has 1 aromatic rings. The van der Waals surface area contributed by atoms with Gasteiger partial charge in [0.1, 0.15) is 5.82 Å². The highest BCUT2D eigenvalue weighted by molar-refractivity contribution is 5.82. The zero-order chi connectivity index (χ0) is 13.8. The number of halogens is 1. The van der Waals surface area contributed by atoms with Crippen LogP contribution < -0.4 is 0 Å². The van der Waals surface area contributed by atoms with E-state index in [1.54, 1.807) is 18.2 Å². The van der Waals surface area contributed by atoms with Gasteiger partial charge in [-0.05, 0) is 30.5 Å². The molecular weight excluding hydrogens is 245 g/mol. The third-order valence-electron chi connectivity index (χ3n) is 3.91. The predicted molar refractivity (Wildman–Crippen MR) is 71.3 cm³/mol. The van der Waals surface area contributed by atoms with Gasteiger partial charge in [-0.3, -0.25) is 9.69 Å². The quantitative estimate of drug-likeness (QED) is 0.880. The lowest BCUT2D eigenvalue weighted by molar-refractivity contribution is -0.120. The zero-order valence-corrected chi connectivity index (χ0v) is 11.2. The summed E-state index contributed by atoms with van der Waals surface area (Å²) in [6.45, 7) is 3.29. The van der Waals surface area contributed by atoms with E-state index >= 15 is 0 Å². The van der Waals surface area contributed by atoms with Gasteiger partial charge < -0.3 is 5.11 Å². The van der Waals surface area contributed by atoms with Crippen LogP contribution in [0, 0.1) is 11.7 Å². The number of benzene rings is 1. The van der Waals surface area contributed by atoms with E-state index in [2.05, 4.69) is 6.92 Å². The molecule has 0 radical (unpaired) electrons. The molecule has 2 rings (SSSR count). The predicted octanol–water partition coefficient (Wildman–Crippen LogP) is 1.64. The van der Waals surface area contributed by atoms with Crippen LogP contribution in [0.2, 0.25) is 0 Å². The summed E-state index contributed by atoms with van der Waals surface area (Å²) in [5, 5.41) is 9.34. The van der Waals surface area contributed by atoms with Gasteiger partial charge in [0.25, 0.3) is 0 Å². The Balaban J connectivity index is 1.93. The van der Waals surface area contributed by atoms with Crippen molar-refractivity contribution in [3.05, 3.63) is 35.6 Å². The number of rotatable bonds is 5. The van der Waals surface area contributed by atoms with Crippen LogP contribution in [0.25, 0.3) is 0 Å². The molecule has 1 aromatic carbocycles. The minimum Gasteiger partial charge on any atom is -0.395 e. The van der Waals surface area contributed by atoms with Crippen molar-refractivity contribution >= 4 is 5.78 Å². The number of ketones is 1. The molecule has 2 atom stereocenters. The Morgan fingerprint density at radius 1 is 1.47 bits per heavy atom. The molecule has 1 N–H and O–H groups in total. The van der Waals surface area contributed by atoms with Crippen LogP contribution in [0.3, 0.4) is 0 Å². The fourth-order valence-corrected chi connectivity index (χ4v) is 2.72. The Kier molecular flexibility index (Phi) is 4.66. The second kappa shape index (κ2) is 6.26. The lowest BCUT2D eigenvalue weighted by Crippen LogP contribution is -2.39. The monoisotopic (exact) mass is 265 g/mol. The van der Waals surface area contributed by atoms with Crippen molar-refractivity contribution < 1.29 is 14.3 Å². The third kappa shape index (κ3) is 3.39. The van der Waals surface area contributed by atoms with Crippen molar-refractivity contribution in [2.75, 3.05) is 19.7 Å². The molecule has 3 nitrogen and oxygen atoms in total. The lowest BCUT2D eigenvalue weighted by atomic mass is 10.0. The summed E-state index contributed by atoms with van der Waals surface area (Å²) in [5.41, 5.74) is 0.445. The minimum absolute atomic E-state index is 0.00218. The number of carbonyl (C=O) groups excluding carboxylic acids is 1. The second-order valence-corrected chi connectivity index (χ2v) is 5.29. The Labute approximate surface area is 113 Å². The van der Waals surface area contributed by atoms with Gasteiger partial charge in [-0.2, -0.15) is 0 Å². The highest BCUT2D eigenvalue weighted by Gasteiger charge is 2.31. The molecule has 1 aliphatic heterocycles. The summed E-state index contributed by atoms with van der Waals surface area (Å²) >= 11 is 0. The van der Waals surface area contributed by atoms with Crippen molar-refractivity contribution in [3.63, 3.8) is 0 Å². The molecule has 1 aliphatic rings. The summed E-state index contributed by atoms with van der Waals surface area (Å²) in [4.78, 5) is 14.0. The number of carbonyl (C=O) groups is 1.